The van der Waals surface area contributed by atoms with Gasteiger partial charge in [-0.15, -0.1) is 0 Å². The van der Waals surface area contributed by atoms with Crippen LogP contribution in [0.3, 0.4) is 0 Å². The number of benzene rings is 1. The number of ether oxygens (including phenoxy) is 2. The van der Waals surface area contributed by atoms with Crippen LogP contribution in [0.1, 0.15) is 64.5 Å². The van der Waals surface area contributed by atoms with Gasteiger partial charge < -0.3 is 14.6 Å². The number of rotatable bonds is 5. The zero-order chi connectivity index (χ0) is 19.8. The summed E-state index contributed by atoms with van der Waals surface area (Å²) in [7, 11) is 1.71. The highest BCUT2D eigenvalue weighted by Crippen LogP contribution is 2.54. The number of carbonyl (C=O) groups excluding carboxylic acids is 1. The molecule has 1 N–H and O–H groups in total. The molecule has 0 spiro atoms. The number of esters is 1. The van der Waals surface area contributed by atoms with E-state index in [0.29, 0.717) is 18.3 Å². The van der Waals surface area contributed by atoms with E-state index in [1.807, 2.05) is 19.9 Å². The third-order valence-electron chi connectivity index (χ3n) is 6.69. The Morgan fingerprint density at radius 1 is 1.26 bits per heavy atom. The molecule has 1 saturated carbocycles. The Kier molecular flexibility index (Phi) is 5.58. The Morgan fingerprint density at radius 3 is 2.63 bits per heavy atom. The first-order valence-corrected chi connectivity index (χ1v) is 10.2. The molecular formula is C23H34O4. The number of aliphatic hydroxyl groups is 1. The van der Waals surface area contributed by atoms with Gasteiger partial charge in [0.25, 0.3) is 0 Å². The summed E-state index contributed by atoms with van der Waals surface area (Å²) in [5.74, 6) is 1.71. The Morgan fingerprint density at radius 2 is 2.00 bits per heavy atom. The third-order valence-corrected chi connectivity index (χ3v) is 6.69. The number of fused-ring (bicyclic) bond motifs is 1. The fraction of sp³-hybridized carbons (Fsp3) is 0.696. The topological polar surface area (TPSA) is 55.8 Å². The first kappa shape index (κ1) is 20.2. The fourth-order valence-electron chi connectivity index (χ4n) is 5.80. The quantitative estimate of drug-likeness (QED) is 0.781. The van der Waals surface area contributed by atoms with E-state index in [9.17, 15) is 9.90 Å². The van der Waals surface area contributed by atoms with Crippen molar-refractivity contribution in [2.75, 3.05) is 7.11 Å². The van der Waals surface area contributed by atoms with Gasteiger partial charge in [0, 0.05) is 12.3 Å². The average molecular weight is 375 g/mol. The molecule has 0 bridgehead atoms. The van der Waals surface area contributed by atoms with Crippen molar-refractivity contribution >= 4 is 5.97 Å². The van der Waals surface area contributed by atoms with Crippen molar-refractivity contribution < 1.29 is 19.4 Å². The fourth-order valence-corrected chi connectivity index (χ4v) is 5.80. The summed E-state index contributed by atoms with van der Waals surface area (Å²) >= 11 is 0. The first-order valence-electron chi connectivity index (χ1n) is 10.2. The molecule has 2 aliphatic rings. The lowest BCUT2D eigenvalue weighted by Gasteiger charge is -2.44. The second-order valence-corrected chi connectivity index (χ2v) is 9.41. The van der Waals surface area contributed by atoms with Gasteiger partial charge in [0.2, 0.25) is 0 Å². The van der Waals surface area contributed by atoms with Gasteiger partial charge in [-0.05, 0) is 87.5 Å². The molecule has 0 heterocycles. The van der Waals surface area contributed by atoms with E-state index in [4.69, 9.17) is 9.47 Å². The van der Waals surface area contributed by atoms with Crippen LogP contribution in [-0.4, -0.2) is 29.9 Å². The second kappa shape index (κ2) is 7.46. The van der Waals surface area contributed by atoms with Crippen molar-refractivity contribution in [3.63, 3.8) is 0 Å². The number of hydrogen-bond donors (Lipinski definition) is 1. The molecule has 1 unspecified atom stereocenters. The summed E-state index contributed by atoms with van der Waals surface area (Å²) in [6.07, 6.45) is 5.74. The molecular weight excluding hydrogens is 340 g/mol. The van der Waals surface area contributed by atoms with Crippen molar-refractivity contribution in [1.29, 1.82) is 0 Å². The lowest BCUT2D eigenvalue weighted by molar-refractivity contribution is -0.156. The summed E-state index contributed by atoms with van der Waals surface area (Å²) in [6.45, 7) is 7.43. The molecule has 1 fully saturated rings. The smallest absolute Gasteiger partial charge is 0.302 e. The van der Waals surface area contributed by atoms with Crippen LogP contribution in [0.2, 0.25) is 0 Å². The van der Waals surface area contributed by atoms with Gasteiger partial charge in [0.05, 0.1) is 12.7 Å². The molecule has 3 rings (SSSR count). The van der Waals surface area contributed by atoms with Gasteiger partial charge in [-0.3, -0.25) is 4.79 Å². The van der Waals surface area contributed by atoms with E-state index >= 15 is 0 Å². The highest BCUT2D eigenvalue weighted by molar-refractivity contribution is 5.66. The monoisotopic (exact) mass is 374 g/mol. The average Bonchev–Trinajstić information content (AvgIpc) is 2.87. The standard InChI is InChI=1S/C23H34O4/c1-15(24)27-21-11-10-20(23(21,4)14-22(2,3)25)18-7-6-17-13-19(26-5)9-8-16(17)12-18/h8-9,13,18,20-21,25H,6-7,10-12,14H2,1-5H3/t18?,20-,21-,23-/m0/s1. The van der Waals surface area contributed by atoms with Crippen LogP contribution >= 0.6 is 0 Å². The summed E-state index contributed by atoms with van der Waals surface area (Å²) in [6, 6.07) is 6.41. The van der Waals surface area contributed by atoms with E-state index in [0.717, 1.165) is 37.9 Å². The molecule has 0 aliphatic heterocycles. The molecule has 1 aromatic carbocycles. The third kappa shape index (κ3) is 4.31. The van der Waals surface area contributed by atoms with E-state index < -0.39 is 5.60 Å². The predicted octanol–water partition coefficient (Wildman–Crippen LogP) is 4.31. The lowest BCUT2D eigenvalue weighted by Crippen LogP contribution is -2.44. The maximum absolute atomic E-state index is 11.7. The van der Waals surface area contributed by atoms with Gasteiger partial charge in [0.1, 0.15) is 11.9 Å². The molecule has 0 radical (unpaired) electrons. The van der Waals surface area contributed by atoms with Crippen molar-refractivity contribution in [3.05, 3.63) is 29.3 Å². The number of carbonyl (C=O) groups is 1. The highest BCUT2D eigenvalue weighted by atomic mass is 16.5. The Hall–Kier alpha value is -1.55. The minimum absolute atomic E-state index is 0.108. The summed E-state index contributed by atoms with van der Waals surface area (Å²) < 4.78 is 11.1. The van der Waals surface area contributed by atoms with Crippen molar-refractivity contribution in [3.8, 4) is 5.75 Å². The summed E-state index contributed by atoms with van der Waals surface area (Å²) in [4.78, 5) is 11.7. The first-order chi connectivity index (χ1) is 12.6. The number of hydrogen-bond acceptors (Lipinski definition) is 4. The van der Waals surface area contributed by atoms with Crippen molar-refractivity contribution in [2.45, 2.75) is 77.9 Å². The molecule has 27 heavy (non-hydrogen) atoms. The normalized spacial score (nSPS) is 30.7. The lowest BCUT2D eigenvalue weighted by atomic mass is 9.63. The van der Waals surface area contributed by atoms with E-state index in [-0.39, 0.29) is 17.5 Å². The van der Waals surface area contributed by atoms with Gasteiger partial charge in [-0.25, -0.2) is 0 Å². The molecule has 0 amide bonds. The molecule has 4 nitrogen and oxygen atoms in total. The Balaban J connectivity index is 1.84. The Labute approximate surface area is 163 Å². The van der Waals surface area contributed by atoms with Crippen molar-refractivity contribution in [2.24, 2.45) is 17.3 Å². The number of methoxy groups -OCH3 is 1. The predicted molar refractivity (Wildman–Crippen MR) is 106 cm³/mol. The molecule has 0 saturated heterocycles. The minimum atomic E-state index is -0.782. The molecule has 150 valence electrons. The largest absolute Gasteiger partial charge is 0.497 e. The van der Waals surface area contributed by atoms with Crippen LogP contribution in [0.15, 0.2) is 18.2 Å². The molecule has 4 heteroatoms. The molecule has 1 aromatic rings. The van der Waals surface area contributed by atoms with Crippen LogP contribution in [0.4, 0.5) is 0 Å². The summed E-state index contributed by atoms with van der Waals surface area (Å²) in [5.41, 5.74) is 1.83. The van der Waals surface area contributed by atoms with Gasteiger partial charge in [0.15, 0.2) is 0 Å². The summed E-state index contributed by atoms with van der Waals surface area (Å²) in [5, 5.41) is 10.6. The molecule has 2 aliphatic carbocycles. The zero-order valence-corrected chi connectivity index (χ0v) is 17.4. The maximum Gasteiger partial charge on any atom is 0.302 e. The molecule has 4 atom stereocenters. The van der Waals surface area contributed by atoms with Gasteiger partial charge >= 0.3 is 5.97 Å². The van der Waals surface area contributed by atoms with Gasteiger partial charge in [-0.1, -0.05) is 13.0 Å². The van der Waals surface area contributed by atoms with Gasteiger partial charge in [-0.2, -0.15) is 0 Å². The number of aryl methyl sites for hydroxylation is 1. The minimum Gasteiger partial charge on any atom is -0.497 e. The van der Waals surface area contributed by atoms with Crippen LogP contribution in [0.25, 0.3) is 0 Å². The SMILES string of the molecule is COc1ccc2c(c1)CCC([C@@H]1CC[C@H](OC(C)=O)[C@@]1(C)CC(C)(C)O)C2. The molecule has 0 aromatic heterocycles. The van der Waals surface area contributed by atoms with Crippen molar-refractivity contribution in [1.82, 2.24) is 0 Å². The maximum atomic E-state index is 11.7. The zero-order valence-electron chi connectivity index (χ0n) is 17.4. The second-order valence-electron chi connectivity index (χ2n) is 9.41. The van der Waals surface area contributed by atoms with E-state index in [1.54, 1.807) is 7.11 Å². The van der Waals surface area contributed by atoms with Crippen LogP contribution < -0.4 is 4.74 Å². The van der Waals surface area contributed by atoms with Crippen LogP contribution in [-0.2, 0) is 22.4 Å². The highest BCUT2D eigenvalue weighted by Gasteiger charge is 2.53. The van der Waals surface area contributed by atoms with E-state index in [2.05, 4.69) is 19.1 Å². The Bertz CT molecular complexity index is 690. The van der Waals surface area contributed by atoms with Crippen LogP contribution in [0.5, 0.6) is 5.75 Å². The van der Waals surface area contributed by atoms with E-state index in [1.165, 1.54) is 18.1 Å². The van der Waals surface area contributed by atoms with Crippen LogP contribution in [0, 0.1) is 17.3 Å².